The molecule has 8 aromatic rings. The van der Waals surface area contributed by atoms with E-state index in [4.69, 9.17) is 42.1 Å². The Bertz CT molecular complexity index is 2940. The molecule has 0 spiro atoms. The molecule has 18 nitrogen and oxygen atoms in total. The zero-order valence-electron chi connectivity index (χ0n) is 33.3. The van der Waals surface area contributed by atoms with Gasteiger partial charge in [-0.05, 0) is 60.4 Å². The number of aromatic amines is 2. The number of nitrogens with zero attached hydrogens (tertiary/aromatic N) is 10. The van der Waals surface area contributed by atoms with E-state index in [1.165, 1.54) is 14.2 Å². The first kappa shape index (κ1) is 41.6. The highest BCUT2D eigenvalue weighted by Gasteiger charge is 2.26. The van der Waals surface area contributed by atoms with E-state index >= 15 is 0 Å². The van der Waals surface area contributed by atoms with Gasteiger partial charge in [0.1, 0.15) is 18.7 Å². The molecule has 0 fully saturated rings. The summed E-state index contributed by atoms with van der Waals surface area (Å²) in [6, 6.07) is 11.0. The van der Waals surface area contributed by atoms with Crippen LogP contribution in [0.4, 0.5) is 0 Å². The van der Waals surface area contributed by atoms with Gasteiger partial charge in [-0.1, -0.05) is 37.0 Å². The third kappa shape index (κ3) is 7.80. The second-order valence-electron chi connectivity index (χ2n) is 12.9. The number of benzene rings is 2. The van der Waals surface area contributed by atoms with E-state index in [0.717, 1.165) is 16.7 Å². The van der Waals surface area contributed by atoms with Gasteiger partial charge >= 0.3 is 11.1 Å². The fourth-order valence-corrected chi connectivity index (χ4v) is 7.29. The van der Waals surface area contributed by atoms with E-state index < -0.39 is 11.1 Å². The minimum absolute atomic E-state index is 0.162. The van der Waals surface area contributed by atoms with Crippen molar-refractivity contribution < 1.29 is 18.9 Å². The lowest BCUT2D eigenvalue weighted by Gasteiger charge is -2.17. The monoisotopic (exact) mass is 852 g/mol. The zero-order valence-corrected chi connectivity index (χ0v) is 34.8. The fraction of sp³-hybridized carbons (Fsp3) is 0.250. The summed E-state index contributed by atoms with van der Waals surface area (Å²) in [6.45, 7) is 4.36. The van der Waals surface area contributed by atoms with Crippen LogP contribution >= 0.6 is 23.2 Å². The Labute approximate surface area is 351 Å². The van der Waals surface area contributed by atoms with Crippen molar-refractivity contribution in [2.24, 2.45) is 0 Å². The number of H-pyrrole nitrogens is 2. The van der Waals surface area contributed by atoms with Crippen molar-refractivity contribution in [2.75, 3.05) is 28.4 Å². The third-order valence-electron chi connectivity index (χ3n) is 9.34. The molecule has 0 bridgehead atoms. The molecule has 308 valence electrons. The first-order valence-corrected chi connectivity index (χ1v) is 19.2. The fourth-order valence-electron chi connectivity index (χ4n) is 6.56. The van der Waals surface area contributed by atoms with Crippen LogP contribution in [-0.2, 0) is 35.5 Å². The normalized spacial score (nSPS) is 11.2. The summed E-state index contributed by atoms with van der Waals surface area (Å²) in [7, 11) is 6.17. The van der Waals surface area contributed by atoms with Gasteiger partial charge in [0.25, 0.3) is 11.8 Å². The number of aryl methyl sites for hydroxylation is 2. The van der Waals surface area contributed by atoms with Crippen LogP contribution in [0.1, 0.15) is 36.6 Å². The average molecular weight is 854 g/mol. The van der Waals surface area contributed by atoms with E-state index in [2.05, 4.69) is 50.3 Å². The summed E-state index contributed by atoms with van der Waals surface area (Å²) in [4.78, 5) is 46.8. The van der Waals surface area contributed by atoms with Crippen LogP contribution in [0.15, 0.2) is 70.8 Å². The number of methoxy groups -OCH3 is 4. The van der Waals surface area contributed by atoms with Crippen LogP contribution < -0.4 is 20.6 Å². The molecular formula is C40H38Cl2N12O6. The van der Waals surface area contributed by atoms with Gasteiger partial charge in [-0.2, -0.15) is 0 Å². The minimum atomic E-state index is -0.775. The molecule has 0 atom stereocenters. The van der Waals surface area contributed by atoms with E-state index in [1.54, 1.807) is 55.7 Å². The Morgan fingerprint density at radius 3 is 1.70 bits per heavy atom. The molecule has 6 aromatic heterocycles. The van der Waals surface area contributed by atoms with Crippen LogP contribution in [-0.4, -0.2) is 87.9 Å². The average Bonchev–Trinajstić information content (AvgIpc) is 3.88. The van der Waals surface area contributed by atoms with Crippen LogP contribution in [0, 0.1) is 0 Å². The Morgan fingerprint density at radius 2 is 1.18 bits per heavy atom. The van der Waals surface area contributed by atoms with Gasteiger partial charge < -0.3 is 28.9 Å². The van der Waals surface area contributed by atoms with Crippen molar-refractivity contribution in [3.63, 3.8) is 0 Å². The van der Waals surface area contributed by atoms with Crippen molar-refractivity contribution in [3.8, 4) is 45.9 Å². The van der Waals surface area contributed by atoms with Crippen LogP contribution in [0.25, 0.3) is 56.2 Å². The number of aromatic nitrogens is 12. The molecule has 0 saturated heterocycles. The third-order valence-corrected chi connectivity index (χ3v) is 10.2. The van der Waals surface area contributed by atoms with Crippen molar-refractivity contribution >= 4 is 45.3 Å². The first-order chi connectivity index (χ1) is 29.2. The molecule has 60 heavy (non-hydrogen) atoms. The maximum atomic E-state index is 12.1. The van der Waals surface area contributed by atoms with Gasteiger partial charge in [0.05, 0.1) is 52.2 Å². The quantitative estimate of drug-likeness (QED) is 0.138. The number of halogens is 2. The van der Waals surface area contributed by atoms with Gasteiger partial charge in [-0.3, -0.25) is 28.7 Å². The molecular weight excluding hydrogens is 815 g/mol. The topological polar surface area (TPSA) is 216 Å². The number of fused-ring (bicyclic) bond motifs is 2. The molecule has 2 N–H and O–H groups in total. The van der Waals surface area contributed by atoms with E-state index in [9.17, 15) is 9.59 Å². The molecule has 0 saturated carbocycles. The Balaban J connectivity index is 0.000000182. The van der Waals surface area contributed by atoms with Crippen molar-refractivity contribution in [1.29, 1.82) is 0 Å². The second-order valence-corrected chi connectivity index (χ2v) is 13.7. The van der Waals surface area contributed by atoms with E-state index in [1.807, 2.05) is 42.7 Å². The summed E-state index contributed by atoms with van der Waals surface area (Å²) in [5.74, 6) is 2.63. The lowest BCUT2D eigenvalue weighted by molar-refractivity contribution is 0.176. The van der Waals surface area contributed by atoms with Crippen molar-refractivity contribution in [3.05, 3.63) is 115 Å². The molecule has 0 aliphatic heterocycles. The highest BCUT2D eigenvalue weighted by atomic mass is 35.5. The SMILES string of the molecule is CCc1cc2[nH]c(=O)c(=O)[nH]c2c(-n2c(COC)nnc2-c2cccnc2)c1Cl.CCc1cc2nc(OC)c(OC)nc2c(-n2c(COC)nnc2-c2cccnc2)c1Cl. The Kier molecular flexibility index (Phi) is 12.6. The number of pyridine rings is 2. The van der Waals surface area contributed by atoms with Gasteiger partial charge in [0.15, 0.2) is 23.3 Å². The number of ether oxygens (including phenoxy) is 4. The highest BCUT2D eigenvalue weighted by Crippen LogP contribution is 2.38. The predicted molar refractivity (Wildman–Crippen MR) is 224 cm³/mol. The minimum Gasteiger partial charge on any atom is -0.477 e. The molecule has 0 unspecified atom stereocenters. The summed E-state index contributed by atoms with van der Waals surface area (Å²) >= 11 is 13.7. The Morgan fingerprint density at radius 1 is 0.667 bits per heavy atom. The smallest absolute Gasteiger partial charge is 0.314 e. The number of rotatable bonds is 12. The Hall–Kier alpha value is -6.60. The maximum absolute atomic E-state index is 12.1. The zero-order chi connectivity index (χ0) is 42.5. The maximum Gasteiger partial charge on any atom is 0.314 e. The lowest BCUT2D eigenvalue weighted by Crippen LogP contribution is -2.29. The molecule has 2 aromatic carbocycles. The predicted octanol–water partition coefficient (Wildman–Crippen LogP) is 5.87. The molecule has 20 heteroatoms. The van der Waals surface area contributed by atoms with E-state index in [-0.39, 0.29) is 19.1 Å². The molecule has 6 heterocycles. The molecule has 0 aliphatic carbocycles. The molecule has 8 rings (SSSR count). The molecule has 0 aliphatic rings. The number of nitrogens with one attached hydrogen (secondary N) is 2. The lowest BCUT2D eigenvalue weighted by atomic mass is 10.1. The van der Waals surface area contributed by atoms with Gasteiger partial charge in [0, 0.05) is 50.1 Å². The summed E-state index contributed by atoms with van der Waals surface area (Å²) in [6.07, 6.45) is 8.04. The number of hydrogen-bond donors (Lipinski definition) is 2. The van der Waals surface area contributed by atoms with Crippen LogP contribution in [0.2, 0.25) is 10.0 Å². The molecule has 0 amide bonds. The van der Waals surface area contributed by atoms with Gasteiger partial charge in [-0.15, -0.1) is 20.4 Å². The van der Waals surface area contributed by atoms with Crippen molar-refractivity contribution in [1.82, 2.24) is 59.4 Å². The van der Waals surface area contributed by atoms with Gasteiger partial charge in [-0.25, -0.2) is 9.97 Å². The van der Waals surface area contributed by atoms with Crippen LogP contribution in [0.5, 0.6) is 11.8 Å². The standard InChI is InChI=1S/C21H21ClN6O3.C19H17ClN6O3/c1-5-12-9-14-17(25-21(31-4)20(24-14)30-3)18(16(12)22)28-15(11-29-2)26-27-19(28)13-7-6-8-23-10-13;1-3-10-7-12-15(23-19(28)18(27)22-12)16(14(10)20)26-13(9-29-2)24-25-17(26)11-5-4-6-21-8-11/h6-10H,5,11H2,1-4H3;4-8H,3,9H2,1-2H3,(H,22,27)(H,23,28). The summed E-state index contributed by atoms with van der Waals surface area (Å²) in [5, 5.41) is 18.2. The van der Waals surface area contributed by atoms with Gasteiger partial charge in [0.2, 0.25) is 0 Å². The van der Waals surface area contributed by atoms with Crippen molar-refractivity contribution in [2.45, 2.75) is 39.9 Å². The van der Waals surface area contributed by atoms with E-state index in [0.29, 0.717) is 91.1 Å². The second kappa shape index (κ2) is 18.1. The summed E-state index contributed by atoms with van der Waals surface area (Å²) < 4.78 is 24.9. The summed E-state index contributed by atoms with van der Waals surface area (Å²) in [5.41, 5.74) is 4.71. The first-order valence-electron chi connectivity index (χ1n) is 18.4. The van der Waals surface area contributed by atoms with Crippen LogP contribution in [0.3, 0.4) is 0 Å². The highest BCUT2D eigenvalue weighted by molar-refractivity contribution is 6.35. The largest absolute Gasteiger partial charge is 0.477 e. The molecule has 0 radical (unpaired) electrons. The number of hydrogen-bond acceptors (Lipinski definition) is 14.